The van der Waals surface area contributed by atoms with Crippen LogP contribution >= 0.6 is 11.3 Å². The molecule has 0 amide bonds. The topological polar surface area (TPSA) is 64.1 Å². The molecule has 2 fully saturated rings. The van der Waals surface area contributed by atoms with Crippen LogP contribution in [0.5, 0.6) is 0 Å². The minimum atomic E-state index is 0.657. The van der Waals surface area contributed by atoms with E-state index in [1.165, 1.54) is 44.2 Å². The maximum Gasteiger partial charge on any atom is 0.214 e. The van der Waals surface area contributed by atoms with Crippen LogP contribution < -0.4 is 4.90 Å². The minimum Gasteiger partial charge on any atom is -0.347 e. The Morgan fingerprint density at radius 2 is 1.96 bits per heavy atom. The van der Waals surface area contributed by atoms with E-state index in [-0.39, 0.29) is 0 Å². The van der Waals surface area contributed by atoms with Gasteiger partial charge in [0.1, 0.15) is 12.7 Å². The molecule has 7 nitrogen and oxygen atoms in total. The number of hydrogen-bond acceptors (Lipinski definition) is 6. The summed E-state index contributed by atoms with van der Waals surface area (Å²) >= 11 is 1.73. The van der Waals surface area contributed by atoms with Crippen molar-refractivity contribution in [3.8, 4) is 0 Å². The number of piperidine rings is 1. The molecule has 1 aliphatic heterocycles. The molecule has 5 rings (SSSR count). The average molecular weight is 357 g/mol. The molecule has 0 unspecified atom stereocenters. The first kappa shape index (κ1) is 15.3. The van der Waals surface area contributed by atoms with Gasteiger partial charge in [0.05, 0.1) is 11.9 Å². The van der Waals surface area contributed by atoms with Gasteiger partial charge in [-0.15, -0.1) is 5.10 Å². The molecule has 4 heterocycles. The zero-order chi connectivity index (χ0) is 16.6. The van der Waals surface area contributed by atoms with Crippen LogP contribution in [0.25, 0.3) is 4.96 Å². The van der Waals surface area contributed by atoms with Crippen molar-refractivity contribution in [2.24, 2.45) is 5.92 Å². The molecule has 3 aromatic heterocycles. The number of anilines is 1. The second kappa shape index (κ2) is 6.40. The first-order chi connectivity index (χ1) is 12.3. The Kier molecular flexibility index (Phi) is 3.92. The summed E-state index contributed by atoms with van der Waals surface area (Å²) < 4.78 is 3.94. The number of nitrogens with zero attached hydrogens (tertiary/aromatic N) is 7. The van der Waals surface area contributed by atoms with Gasteiger partial charge in [0.2, 0.25) is 10.1 Å². The van der Waals surface area contributed by atoms with Gasteiger partial charge in [0, 0.05) is 25.6 Å². The number of imidazole rings is 1. The lowest BCUT2D eigenvalue weighted by atomic mass is 9.97. The van der Waals surface area contributed by atoms with Gasteiger partial charge in [0.25, 0.3) is 0 Å². The molecule has 0 aromatic carbocycles. The van der Waals surface area contributed by atoms with E-state index in [4.69, 9.17) is 10.1 Å². The molecule has 0 bridgehead atoms. The Balaban J connectivity index is 1.24. The molecular formula is C17H23N7S. The third-order valence-corrected chi connectivity index (χ3v) is 6.60. The molecule has 1 saturated carbocycles. The summed E-state index contributed by atoms with van der Waals surface area (Å²) in [5, 5.41) is 10.1. The number of aromatic nitrogens is 6. The monoisotopic (exact) mass is 357 g/mol. The highest BCUT2D eigenvalue weighted by molar-refractivity contribution is 7.20. The second-order valence-corrected chi connectivity index (χ2v) is 8.24. The van der Waals surface area contributed by atoms with Crippen LogP contribution in [-0.2, 0) is 6.54 Å². The molecule has 0 spiro atoms. The molecule has 25 heavy (non-hydrogen) atoms. The summed E-state index contributed by atoms with van der Waals surface area (Å²) in [5.74, 6) is 1.33. The van der Waals surface area contributed by atoms with Crippen LogP contribution in [-0.4, -0.2) is 42.5 Å². The number of rotatable bonds is 4. The van der Waals surface area contributed by atoms with Gasteiger partial charge in [-0.05, 0) is 31.6 Å². The summed E-state index contributed by atoms with van der Waals surface area (Å²) in [6.07, 6.45) is 13.2. The summed E-state index contributed by atoms with van der Waals surface area (Å²) in [7, 11) is 0. The fourth-order valence-electron chi connectivity index (χ4n) is 4.15. The van der Waals surface area contributed by atoms with E-state index in [0.717, 1.165) is 29.7 Å². The van der Waals surface area contributed by atoms with Crippen LogP contribution in [0.15, 0.2) is 18.9 Å². The van der Waals surface area contributed by atoms with Gasteiger partial charge in [-0.2, -0.15) is 5.10 Å². The second-order valence-electron chi connectivity index (χ2n) is 7.31. The quantitative estimate of drug-likeness (QED) is 0.718. The van der Waals surface area contributed by atoms with E-state index >= 15 is 0 Å². The highest BCUT2D eigenvalue weighted by atomic mass is 32.1. The third kappa shape index (κ3) is 3.03. The summed E-state index contributed by atoms with van der Waals surface area (Å²) in [4.78, 5) is 12.3. The maximum atomic E-state index is 4.85. The third-order valence-electron chi connectivity index (χ3n) is 5.62. The van der Waals surface area contributed by atoms with Crippen LogP contribution in [0.2, 0.25) is 0 Å². The van der Waals surface area contributed by atoms with Crippen molar-refractivity contribution in [1.82, 2.24) is 29.4 Å². The van der Waals surface area contributed by atoms with Crippen molar-refractivity contribution in [2.45, 2.75) is 51.0 Å². The Labute approximate surface area is 150 Å². The number of hydrogen-bond donors (Lipinski definition) is 0. The molecule has 2 aliphatic rings. The Bertz CT molecular complexity index is 791. The molecule has 1 aliphatic carbocycles. The minimum absolute atomic E-state index is 0.657. The molecule has 3 aromatic rings. The highest BCUT2D eigenvalue weighted by Gasteiger charge is 2.24. The van der Waals surface area contributed by atoms with E-state index in [1.54, 1.807) is 17.7 Å². The van der Waals surface area contributed by atoms with Crippen molar-refractivity contribution in [3.63, 3.8) is 0 Å². The van der Waals surface area contributed by atoms with E-state index in [2.05, 4.69) is 21.2 Å². The highest BCUT2D eigenvalue weighted by Crippen LogP contribution is 2.35. The van der Waals surface area contributed by atoms with E-state index < -0.39 is 0 Å². The summed E-state index contributed by atoms with van der Waals surface area (Å²) in [6, 6.07) is 0. The van der Waals surface area contributed by atoms with Gasteiger partial charge in [-0.1, -0.05) is 24.2 Å². The predicted octanol–water partition coefficient (Wildman–Crippen LogP) is 2.96. The molecular weight excluding hydrogens is 334 g/mol. The molecule has 8 heteroatoms. The van der Waals surface area contributed by atoms with Crippen molar-refractivity contribution in [2.75, 3.05) is 18.0 Å². The van der Waals surface area contributed by atoms with Crippen molar-refractivity contribution in [1.29, 1.82) is 0 Å². The van der Waals surface area contributed by atoms with Gasteiger partial charge >= 0.3 is 0 Å². The maximum absolute atomic E-state index is 4.85. The lowest BCUT2D eigenvalue weighted by Gasteiger charge is -2.31. The van der Waals surface area contributed by atoms with Gasteiger partial charge < -0.3 is 4.90 Å². The van der Waals surface area contributed by atoms with Crippen molar-refractivity contribution in [3.05, 3.63) is 24.5 Å². The smallest absolute Gasteiger partial charge is 0.214 e. The predicted molar refractivity (Wildman–Crippen MR) is 97.0 cm³/mol. The van der Waals surface area contributed by atoms with Crippen LogP contribution in [0.4, 0.5) is 5.13 Å². The first-order valence-electron chi connectivity index (χ1n) is 9.28. The van der Waals surface area contributed by atoms with Crippen LogP contribution in [0.1, 0.15) is 50.1 Å². The zero-order valence-electron chi connectivity index (χ0n) is 14.3. The van der Waals surface area contributed by atoms with Gasteiger partial charge in [0.15, 0.2) is 0 Å². The lowest BCUT2D eigenvalue weighted by molar-refractivity contribution is 0.341. The average Bonchev–Trinajstić information content (AvgIpc) is 3.39. The fraction of sp³-hybridized carbons (Fsp3) is 0.647. The van der Waals surface area contributed by atoms with Gasteiger partial charge in [-0.25, -0.2) is 14.5 Å². The number of fused-ring (bicyclic) bond motifs is 1. The standard InChI is InChI=1S/C17H23N7S/c1-2-4-14(3-1)15-10-24-16(20-15)25-17(21-24)22-7-5-13(6-8-22)9-23-12-18-11-19-23/h10-14H,1-9H2. The summed E-state index contributed by atoms with van der Waals surface area (Å²) in [5.41, 5.74) is 1.24. The van der Waals surface area contributed by atoms with E-state index in [0.29, 0.717) is 11.8 Å². The Morgan fingerprint density at radius 3 is 2.68 bits per heavy atom. The first-order valence-corrected chi connectivity index (χ1v) is 10.1. The van der Waals surface area contributed by atoms with E-state index in [1.807, 2.05) is 15.5 Å². The van der Waals surface area contributed by atoms with E-state index in [9.17, 15) is 0 Å². The van der Waals surface area contributed by atoms with Crippen LogP contribution in [0, 0.1) is 5.92 Å². The zero-order valence-corrected chi connectivity index (χ0v) is 15.1. The molecule has 0 radical (unpaired) electrons. The Morgan fingerprint density at radius 1 is 1.12 bits per heavy atom. The molecule has 0 atom stereocenters. The fourth-order valence-corrected chi connectivity index (χ4v) is 5.09. The SMILES string of the molecule is c1ncn(CC2CCN(c3nn4cc(C5CCCC5)nc4s3)CC2)n1. The van der Waals surface area contributed by atoms with Crippen molar-refractivity contribution < 1.29 is 0 Å². The molecule has 132 valence electrons. The Hall–Kier alpha value is -1.96. The lowest BCUT2D eigenvalue weighted by Crippen LogP contribution is -2.35. The normalized spacial score (nSPS) is 20.1. The van der Waals surface area contributed by atoms with Crippen LogP contribution in [0.3, 0.4) is 0 Å². The largest absolute Gasteiger partial charge is 0.347 e. The summed E-state index contributed by atoms with van der Waals surface area (Å²) in [6.45, 7) is 3.09. The molecule has 0 N–H and O–H groups in total. The molecule has 1 saturated heterocycles. The van der Waals surface area contributed by atoms with Crippen molar-refractivity contribution >= 4 is 21.4 Å². The van der Waals surface area contributed by atoms with Gasteiger partial charge in [-0.3, -0.25) is 4.68 Å².